The zero-order chi connectivity index (χ0) is 13.7. The predicted molar refractivity (Wildman–Crippen MR) is 76.9 cm³/mol. The van der Waals surface area contributed by atoms with E-state index >= 15 is 0 Å². The maximum absolute atomic E-state index is 11.2. The molecule has 0 unspecified atom stereocenters. The van der Waals surface area contributed by atoms with Crippen LogP contribution in [0.1, 0.15) is 35.3 Å². The lowest BCUT2D eigenvalue weighted by Crippen LogP contribution is -1.94. The van der Waals surface area contributed by atoms with Crippen molar-refractivity contribution in [3.8, 4) is 5.75 Å². The molecular weight excluding hydrogens is 236 g/mol. The third-order valence-corrected chi connectivity index (χ3v) is 3.00. The zero-order valence-corrected chi connectivity index (χ0v) is 11.3. The van der Waals surface area contributed by atoms with Crippen LogP contribution in [0, 0.1) is 0 Å². The van der Waals surface area contributed by atoms with Crippen LogP contribution in [0.5, 0.6) is 5.75 Å². The summed E-state index contributed by atoms with van der Waals surface area (Å²) >= 11 is 0. The van der Waals surface area contributed by atoms with Crippen LogP contribution in [-0.4, -0.2) is 12.4 Å². The number of ketones is 1. The van der Waals surface area contributed by atoms with Gasteiger partial charge in [-0.05, 0) is 43.5 Å². The van der Waals surface area contributed by atoms with Gasteiger partial charge in [-0.25, -0.2) is 0 Å². The van der Waals surface area contributed by atoms with Crippen LogP contribution in [0.3, 0.4) is 0 Å². The summed E-state index contributed by atoms with van der Waals surface area (Å²) in [6.45, 7) is 4.25. The first kappa shape index (κ1) is 13.3. The van der Waals surface area contributed by atoms with Crippen molar-refractivity contribution in [1.29, 1.82) is 0 Å². The molecule has 2 aromatic carbocycles. The molecule has 0 spiro atoms. The third kappa shape index (κ3) is 3.68. The Kier molecular flexibility index (Phi) is 4.35. The summed E-state index contributed by atoms with van der Waals surface area (Å²) < 4.78 is 5.42. The standard InChI is InChI=1S/C17H18O2/c1-3-19-17-10-6-15(7-11-17)12-14-4-8-16(9-5-14)13(2)18/h4-11H,3,12H2,1-2H3. The molecule has 98 valence electrons. The smallest absolute Gasteiger partial charge is 0.159 e. The van der Waals surface area contributed by atoms with Gasteiger partial charge in [0.1, 0.15) is 5.75 Å². The number of Topliss-reactive ketones (excluding diaryl/α,β-unsaturated/α-hetero) is 1. The van der Waals surface area contributed by atoms with Crippen LogP contribution >= 0.6 is 0 Å². The summed E-state index contributed by atoms with van der Waals surface area (Å²) in [7, 11) is 0. The Morgan fingerprint density at radius 3 is 1.95 bits per heavy atom. The minimum Gasteiger partial charge on any atom is -0.494 e. The lowest BCUT2D eigenvalue weighted by atomic mass is 10.0. The van der Waals surface area contributed by atoms with E-state index in [0.717, 1.165) is 17.7 Å². The van der Waals surface area contributed by atoms with E-state index in [1.807, 2.05) is 43.3 Å². The molecule has 0 atom stereocenters. The Labute approximate surface area is 114 Å². The number of ether oxygens (including phenoxy) is 1. The summed E-state index contributed by atoms with van der Waals surface area (Å²) in [5.41, 5.74) is 3.20. The molecule has 0 bridgehead atoms. The lowest BCUT2D eigenvalue weighted by molar-refractivity contribution is 0.101. The largest absolute Gasteiger partial charge is 0.494 e. The average molecular weight is 254 g/mol. The third-order valence-electron chi connectivity index (χ3n) is 3.00. The summed E-state index contributed by atoms with van der Waals surface area (Å²) in [4.78, 5) is 11.2. The van der Waals surface area contributed by atoms with Crippen LogP contribution in [-0.2, 0) is 6.42 Å². The first-order valence-corrected chi connectivity index (χ1v) is 6.50. The van der Waals surface area contributed by atoms with E-state index in [0.29, 0.717) is 6.61 Å². The van der Waals surface area contributed by atoms with Gasteiger partial charge in [-0.1, -0.05) is 36.4 Å². The van der Waals surface area contributed by atoms with Crippen LogP contribution < -0.4 is 4.74 Å². The molecule has 19 heavy (non-hydrogen) atoms. The van der Waals surface area contributed by atoms with E-state index in [4.69, 9.17) is 4.74 Å². The van der Waals surface area contributed by atoms with Crippen LogP contribution in [0.15, 0.2) is 48.5 Å². The molecule has 0 fully saturated rings. The number of hydrogen-bond acceptors (Lipinski definition) is 2. The Balaban J connectivity index is 2.06. The van der Waals surface area contributed by atoms with Crippen molar-refractivity contribution >= 4 is 5.78 Å². The Hall–Kier alpha value is -2.09. The molecule has 0 amide bonds. The fourth-order valence-electron chi connectivity index (χ4n) is 1.96. The molecule has 0 aliphatic rings. The Morgan fingerprint density at radius 1 is 0.947 bits per heavy atom. The second-order valence-corrected chi connectivity index (χ2v) is 4.51. The van der Waals surface area contributed by atoms with E-state index in [-0.39, 0.29) is 5.78 Å². The molecule has 0 aromatic heterocycles. The van der Waals surface area contributed by atoms with E-state index in [1.165, 1.54) is 11.1 Å². The van der Waals surface area contributed by atoms with E-state index < -0.39 is 0 Å². The van der Waals surface area contributed by atoms with Gasteiger partial charge in [0.15, 0.2) is 5.78 Å². The second kappa shape index (κ2) is 6.19. The molecule has 0 radical (unpaired) electrons. The van der Waals surface area contributed by atoms with Gasteiger partial charge in [0.05, 0.1) is 6.61 Å². The minimum absolute atomic E-state index is 0.104. The van der Waals surface area contributed by atoms with Crippen LogP contribution in [0.4, 0.5) is 0 Å². The Morgan fingerprint density at radius 2 is 1.47 bits per heavy atom. The van der Waals surface area contributed by atoms with Crippen molar-refractivity contribution in [2.45, 2.75) is 20.3 Å². The molecule has 0 saturated heterocycles. The second-order valence-electron chi connectivity index (χ2n) is 4.51. The van der Waals surface area contributed by atoms with Gasteiger partial charge in [-0.15, -0.1) is 0 Å². The highest BCUT2D eigenvalue weighted by atomic mass is 16.5. The van der Waals surface area contributed by atoms with Crippen molar-refractivity contribution in [2.24, 2.45) is 0 Å². The summed E-state index contributed by atoms with van der Waals surface area (Å²) in [5.74, 6) is 1.01. The van der Waals surface area contributed by atoms with Crippen molar-refractivity contribution in [1.82, 2.24) is 0 Å². The minimum atomic E-state index is 0.104. The van der Waals surface area contributed by atoms with Crippen LogP contribution in [0.2, 0.25) is 0 Å². The first-order valence-electron chi connectivity index (χ1n) is 6.50. The molecule has 0 saturated carbocycles. The molecule has 0 aliphatic carbocycles. The van der Waals surface area contributed by atoms with Crippen LogP contribution in [0.25, 0.3) is 0 Å². The average Bonchev–Trinajstić information content (AvgIpc) is 2.42. The quantitative estimate of drug-likeness (QED) is 0.757. The number of carbonyl (C=O) groups excluding carboxylic acids is 1. The first-order chi connectivity index (χ1) is 9.19. The van der Waals surface area contributed by atoms with Gasteiger partial charge in [-0.3, -0.25) is 4.79 Å². The van der Waals surface area contributed by atoms with Gasteiger partial charge in [0, 0.05) is 5.56 Å². The van der Waals surface area contributed by atoms with E-state index in [2.05, 4.69) is 12.1 Å². The summed E-state index contributed by atoms with van der Waals surface area (Å²) in [6, 6.07) is 15.9. The fraction of sp³-hybridized carbons (Fsp3) is 0.235. The van der Waals surface area contributed by atoms with Gasteiger partial charge < -0.3 is 4.74 Å². The predicted octanol–water partition coefficient (Wildman–Crippen LogP) is 3.88. The highest BCUT2D eigenvalue weighted by Crippen LogP contribution is 2.16. The summed E-state index contributed by atoms with van der Waals surface area (Å²) in [6.07, 6.45) is 0.866. The van der Waals surface area contributed by atoms with Crippen molar-refractivity contribution < 1.29 is 9.53 Å². The maximum Gasteiger partial charge on any atom is 0.159 e. The molecule has 0 aliphatic heterocycles. The Bertz CT molecular complexity index is 538. The van der Waals surface area contributed by atoms with Crippen molar-refractivity contribution in [3.63, 3.8) is 0 Å². The summed E-state index contributed by atoms with van der Waals surface area (Å²) in [5, 5.41) is 0. The normalized spacial score (nSPS) is 10.2. The number of carbonyl (C=O) groups is 1. The van der Waals surface area contributed by atoms with Gasteiger partial charge in [0.25, 0.3) is 0 Å². The van der Waals surface area contributed by atoms with Crippen molar-refractivity contribution in [2.75, 3.05) is 6.61 Å². The van der Waals surface area contributed by atoms with E-state index in [1.54, 1.807) is 6.92 Å². The molecule has 0 N–H and O–H groups in total. The molecule has 2 heteroatoms. The van der Waals surface area contributed by atoms with Gasteiger partial charge in [-0.2, -0.15) is 0 Å². The highest BCUT2D eigenvalue weighted by molar-refractivity contribution is 5.94. The maximum atomic E-state index is 11.2. The molecule has 2 aromatic rings. The van der Waals surface area contributed by atoms with Gasteiger partial charge >= 0.3 is 0 Å². The zero-order valence-electron chi connectivity index (χ0n) is 11.3. The van der Waals surface area contributed by atoms with Crippen molar-refractivity contribution in [3.05, 3.63) is 65.2 Å². The lowest BCUT2D eigenvalue weighted by Gasteiger charge is -2.06. The topological polar surface area (TPSA) is 26.3 Å². The number of hydrogen-bond donors (Lipinski definition) is 0. The molecule has 2 rings (SSSR count). The molecule has 2 nitrogen and oxygen atoms in total. The molecular formula is C17H18O2. The number of benzene rings is 2. The fourth-order valence-corrected chi connectivity index (χ4v) is 1.96. The highest BCUT2D eigenvalue weighted by Gasteiger charge is 2.01. The van der Waals surface area contributed by atoms with Gasteiger partial charge in [0.2, 0.25) is 0 Å². The monoisotopic (exact) mass is 254 g/mol. The SMILES string of the molecule is CCOc1ccc(Cc2ccc(C(C)=O)cc2)cc1. The molecule has 0 heterocycles. The number of rotatable bonds is 5. The van der Waals surface area contributed by atoms with E-state index in [9.17, 15) is 4.79 Å².